The molecule has 16 heavy (non-hydrogen) atoms. The average Bonchev–Trinajstić information content (AvgIpc) is 2.19. The summed E-state index contributed by atoms with van der Waals surface area (Å²) >= 11 is 0. The van der Waals surface area contributed by atoms with Crippen LogP contribution in [0.1, 0.15) is 37.0 Å². The molecule has 0 radical (unpaired) electrons. The number of sulfonamides is 1. The molecule has 2 N–H and O–H groups in total. The molecule has 0 fully saturated rings. The van der Waals surface area contributed by atoms with Gasteiger partial charge in [-0.15, -0.1) is 0 Å². The van der Waals surface area contributed by atoms with Crippen LogP contribution >= 0.6 is 0 Å². The second kappa shape index (κ2) is 5.41. The molecule has 0 aromatic heterocycles. The number of rotatable bonds is 5. The molecule has 1 atom stereocenters. The lowest BCUT2D eigenvalue weighted by molar-refractivity contribution is 0.569. The zero-order valence-electron chi connectivity index (χ0n) is 9.19. The molecular weight excluding hydrogens is 229 g/mol. The predicted octanol–water partition coefficient (Wildman–Crippen LogP) is 2.35. The highest BCUT2D eigenvalue weighted by Gasteiger charge is 2.22. The fourth-order valence-electron chi connectivity index (χ4n) is 1.59. The van der Waals surface area contributed by atoms with E-state index >= 15 is 0 Å². The third-order valence-corrected chi connectivity index (χ3v) is 3.76. The van der Waals surface area contributed by atoms with E-state index in [1.54, 1.807) is 0 Å². The molecule has 0 aliphatic rings. The Balaban J connectivity index is 2.97. The van der Waals surface area contributed by atoms with Crippen molar-refractivity contribution in [3.05, 3.63) is 35.6 Å². The Morgan fingerprint density at radius 2 is 1.88 bits per heavy atom. The number of hydrogen-bond acceptors (Lipinski definition) is 2. The van der Waals surface area contributed by atoms with E-state index in [0.717, 1.165) is 12.8 Å². The summed E-state index contributed by atoms with van der Waals surface area (Å²) in [6.45, 7) is 1.98. The highest BCUT2D eigenvalue weighted by atomic mass is 32.2. The van der Waals surface area contributed by atoms with Crippen molar-refractivity contribution in [1.29, 1.82) is 0 Å². The average molecular weight is 245 g/mol. The smallest absolute Gasteiger partial charge is 0.216 e. The fourth-order valence-corrected chi connectivity index (χ4v) is 2.62. The molecule has 1 unspecified atom stereocenters. The Morgan fingerprint density at radius 1 is 1.31 bits per heavy atom. The fraction of sp³-hybridized carbons (Fsp3) is 0.455. The van der Waals surface area contributed by atoms with Crippen molar-refractivity contribution in [2.24, 2.45) is 5.14 Å². The lowest BCUT2D eigenvalue weighted by Crippen LogP contribution is -2.21. The van der Waals surface area contributed by atoms with Crippen LogP contribution in [0, 0.1) is 5.82 Å². The number of unbranched alkanes of at least 4 members (excludes halogenated alkanes) is 1. The molecule has 0 spiro atoms. The quantitative estimate of drug-likeness (QED) is 0.865. The first-order chi connectivity index (χ1) is 7.45. The standard InChI is InChI=1S/C11H16FNO2S/c1-2-3-4-11(16(13,14)15)9-5-7-10(12)8-6-9/h5-8,11H,2-4H2,1H3,(H2,13,14,15). The molecule has 1 aromatic carbocycles. The third-order valence-electron chi connectivity index (χ3n) is 2.46. The Bertz CT molecular complexity index is 428. The van der Waals surface area contributed by atoms with Crippen molar-refractivity contribution in [3.8, 4) is 0 Å². The molecule has 0 aliphatic carbocycles. The lowest BCUT2D eigenvalue weighted by atomic mass is 10.1. The maximum atomic E-state index is 12.7. The van der Waals surface area contributed by atoms with E-state index in [1.165, 1.54) is 24.3 Å². The Morgan fingerprint density at radius 3 is 2.31 bits per heavy atom. The zero-order chi connectivity index (χ0) is 12.2. The van der Waals surface area contributed by atoms with E-state index in [-0.39, 0.29) is 5.82 Å². The van der Waals surface area contributed by atoms with Crippen LogP contribution in [0.3, 0.4) is 0 Å². The van der Waals surface area contributed by atoms with Crippen LogP contribution < -0.4 is 5.14 Å². The van der Waals surface area contributed by atoms with E-state index in [4.69, 9.17) is 5.14 Å². The molecule has 0 bridgehead atoms. The van der Waals surface area contributed by atoms with Gasteiger partial charge in [0.05, 0.1) is 0 Å². The SMILES string of the molecule is CCCCC(c1ccc(F)cc1)S(N)(=O)=O. The first kappa shape index (κ1) is 13.1. The van der Waals surface area contributed by atoms with Crippen LogP contribution in [0.2, 0.25) is 0 Å². The summed E-state index contributed by atoms with van der Waals surface area (Å²) in [5.41, 5.74) is 0.553. The second-order valence-electron chi connectivity index (χ2n) is 3.77. The van der Waals surface area contributed by atoms with Crippen LogP contribution in [0.4, 0.5) is 4.39 Å². The van der Waals surface area contributed by atoms with Gasteiger partial charge in [0, 0.05) is 0 Å². The molecule has 0 aliphatic heterocycles. The molecule has 1 rings (SSSR count). The van der Waals surface area contributed by atoms with Gasteiger partial charge in [0.15, 0.2) is 0 Å². The van der Waals surface area contributed by atoms with E-state index in [0.29, 0.717) is 12.0 Å². The number of halogens is 1. The highest BCUT2D eigenvalue weighted by Crippen LogP contribution is 2.26. The molecule has 0 saturated heterocycles. The lowest BCUT2D eigenvalue weighted by Gasteiger charge is -2.14. The minimum absolute atomic E-state index is 0.382. The minimum Gasteiger partial charge on any atom is -0.228 e. The van der Waals surface area contributed by atoms with Crippen LogP contribution in [0.25, 0.3) is 0 Å². The highest BCUT2D eigenvalue weighted by molar-refractivity contribution is 7.89. The van der Waals surface area contributed by atoms with Gasteiger partial charge in [0.25, 0.3) is 0 Å². The Labute approximate surface area is 95.5 Å². The van der Waals surface area contributed by atoms with Gasteiger partial charge in [-0.2, -0.15) is 0 Å². The molecule has 0 saturated carbocycles. The first-order valence-electron chi connectivity index (χ1n) is 5.22. The van der Waals surface area contributed by atoms with E-state index in [9.17, 15) is 12.8 Å². The van der Waals surface area contributed by atoms with Gasteiger partial charge in [0.2, 0.25) is 10.0 Å². The minimum atomic E-state index is -3.63. The topological polar surface area (TPSA) is 60.2 Å². The van der Waals surface area contributed by atoms with Gasteiger partial charge < -0.3 is 0 Å². The van der Waals surface area contributed by atoms with Gasteiger partial charge in [0.1, 0.15) is 11.1 Å². The Hall–Kier alpha value is -0.940. The predicted molar refractivity (Wildman–Crippen MR) is 61.8 cm³/mol. The van der Waals surface area contributed by atoms with Gasteiger partial charge >= 0.3 is 0 Å². The van der Waals surface area contributed by atoms with Crippen molar-refractivity contribution in [2.45, 2.75) is 31.4 Å². The maximum absolute atomic E-state index is 12.7. The summed E-state index contributed by atoms with van der Waals surface area (Å²) in [5.74, 6) is -0.382. The van der Waals surface area contributed by atoms with Gasteiger partial charge in [-0.05, 0) is 24.1 Å². The summed E-state index contributed by atoms with van der Waals surface area (Å²) in [6.07, 6.45) is 2.15. The summed E-state index contributed by atoms with van der Waals surface area (Å²) < 4.78 is 35.5. The molecule has 0 heterocycles. The zero-order valence-corrected chi connectivity index (χ0v) is 10.0. The molecule has 90 valence electrons. The van der Waals surface area contributed by atoms with Crippen molar-refractivity contribution in [2.75, 3.05) is 0 Å². The van der Waals surface area contributed by atoms with Crippen LogP contribution in [0.15, 0.2) is 24.3 Å². The monoisotopic (exact) mass is 245 g/mol. The number of benzene rings is 1. The van der Waals surface area contributed by atoms with Crippen molar-refractivity contribution in [3.63, 3.8) is 0 Å². The maximum Gasteiger partial charge on any atom is 0.216 e. The summed E-state index contributed by atoms with van der Waals surface area (Å²) in [7, 11) is -3.63. The number of primary sulfonamides is 1. The summed E-state index contributed by atoms with van der Waals surface area (Å²) in [5, 5.41) is 4.44. The Kier molecular flexibility index (Phi) is 4.44. The molecule has 5 heteroatoms. The molecule has 0 amide bonds. The third kappa shape index (κ3) is 3.57. The summed E-state index contributed by atoms with van der Waals surface area (Å²) in [6, 6.07) is 5.44. The van der Waals surface area contributed by atoms with Crippen molar-refractivity contribution in [1.82, 2.24) is 0 Å². The number of nitrogens with two attached hydrogens (primary N) is 1. The van der Waals surface area contributed by atoms with E-state index in [2.05, 4.69) is 0 Å². The molecule has 1 aromatic rings. The largest absolute Gasteiger partial charge is 0.228 e. The van der Waals surface area contributed by atoms with Gasteiger partial charge in [-0.1, -0.05) is 31.9 Å². The van der Waals surface area contributed by atoms with Gasteiger partial charge in [-0.25, -0.2) is 17.9 Å². The van der Waals surface area contributed by atoms with Gasteiger partial charge in [-0.3, -0.25) is 0 Å². The number of hydrogen-bond donors (Lipinski definition) is 1. The second-order valence-corrected chi connectivity index (χ2v) is 5.52. The van der Waals surface area contributed by atoms with Crippen molar-refractivity contribution < 1.29 is 12.8 Å². The van der Waals surface area contributed by atoms with Crippen LogP contribution in [0.5, 0.6) is 0 Å². The first-order valence-corrected chi connectivity index (χ1v) is 6.83. The normalized spacial score (nSPS) is 13.7. The summed E-state index contributed by atoms with van der Waals surface area (Å²) in [4.78, 5) is 0. The molecule has 3 nitrogen and oxygen atoms in total. The van der Waals surface area contributed by atoms with E-state index < -0.39 is 15.3 Å². The van der Waals surface area contributed by atoms with Crippen molar-refractivity contribution >= 4 is 10.0 Å². The van der Waals surface area contributed by atoms with Crippen LogP contribution in [-0.4, -0.2) is 8.42 Å². The molecular formula is C11H16FNO2S. The van der Waals surface area contributed by atoms with E-state index in [1.807, 2.05) is 6.92 Å². The van der Waals surface area contributed by atoms with Crippen LogP contribution in [-0.2, 0) is 10.0 Å².